The van der Waals surface area contributed by atoms with Crippen molar-refractivity contribution in [3.05, 3.63) is 28.8 Å². The molecular weight excluding hydrogens is 250 g/mol. The van der Waals surface area contributed by atoms with Crippen LogP contribution in [-0.4, -0.2) is 32.0 Å². The minimum absolute atomic E-state index is 0.0978. The van der Waals surface area contributed by atoms with Crippen LogP contribution in [0.15, 0.2) is 18.2 Å². The molecule has 0 saturated heterocycles. The lowest BCUT2D eigenvalue weighted by atomic mass is 9.85. The number of halogens is 1. The summed E-state index contributed by atoms with van der Waals surface area (Å²) in [7, 11) is 1.73. The number of aryl methyl sites for hydroxylation is 1. The monoisotopic (exact) mass is 269 g/mol. The third-order valence-electron chi connectivity index (χ3n) is 3.45. The van der Waals surface area contributed by atoms with Crippen LogP contribution in [0.2, 0.25) is 5.02 Å². The number of methoxy groups -OCH3 is 1. The second kappa shape index (κ2) is 5.91. The first-order chi connectivity index (χ1) is 8.67. The van der Waals surface area contributed by atoms with Gasteiger partial charge >= 0.3 is 0 Å². The molecule has 0 bridgehead atoms. The Hall–Kier alpha value is -0.770. The van der Waals surface area contributed by atoms with E-state index in [0.29, 0.717) is 0 Å². The van der Waals surface area contributed by atoms with Crippen LogP contribution in [0.4, 0.5) is 5.69 Å². The smallest absolute Gasteiger partial charge is 0.103 e. The second-order valence-corrected chi connectivity index (χ2v) is 5.02. The normalized spacial score (nSPS) is 26.8. The number of anilines is 1. The number of para-hydroxylation sites is 1. The van der Waals surface area contributed by atoms with Gasteiger partial charge in [0.25, 0.3) is 0 Å². The molecule has 1 saturated carbocycles. The van der Waals surface area contributed by atoms with E-state index < -0.39 is 0 Å². The van der Waals surface area contributed by atoms with Gasteiger partial charge in [0.15, 0.2) is 0 Å². The van der Waals surface area contributed by atoms with Crippen LogP contribution in [0, 0.1) is 6.92 Å². The van der Waals surface area contributed by atoms with Gasteiger partial charge in [0.1, 0.15) is 6.10 Å². The third-order valence-corrected chi connectivity index (χ3v) is 3.77. The fourth-order valence-electron chi connectivity index (χ4n) is 2.42. The van der Waals surface area contributed by atoms with Gasteiger partial charge in [-0.1, -0.05) is 23.7 Å². The van der Waals surface area contributed by atoms with E-state index in [1.165, 1.54) is 0 Å². The molecule has 18 heavy (non-hydrogen) atoms. The summed E-state index contributed by atoms with van der Waals surface area (Å²) in [6.07, 6.45) is 1.25. The van der Waals surface area contributed by atoms with Crippen molar-refractivity contribution in [3.8, 4) is 0 Å². The van der Waals surface area contributed by atoms with Gasteiger partial charge in [-0.25, -0.2) is 0 Å². The number of benzene rings is 1. The van der Waals surface area contributed by atoms with Crippen molar-refractivity contribution >= 4 is 17.3 Å². The van der Waals surface area contributed by atoms with Crippen molar-refractivity contribution in [2.45, 2.75) is 38.5 Å². The Bertz CT molecular complexity index is 391. The maximum atomic E-state index is 6.21. The number of hydrogen-bond donors (Lipinski definition) is 1. The molecule has 3 unspecified atom stereocenters. The molecule has 0 aliphatic heterocycles. The van der Waals surface area contributed by atoms with Gasteiger partial charge < -0.3 is 14.8 Å². The summed E-state index contributed by atoms with van der Waals surface area (Å²) in [6.45, 7) is 4.78. The van der Waals surface area contributed by atoms with E-state index in [0.717, 1.165) is 29.3 Å². The van der Waals surface area contributed by atoms with Crippen LogP contribution in [-0.2, 0) is 9.47 Å². The summed E-state index contributed by atoms with van der Waals surface area (Å²) in [6, 6.07) is 6.18. The van der Waals surface area contributed by atoms with E-state index in [2.05, 4.69) is 18.3 Å². The molecule has 1 aromatic rings. The molecule has 100 valence electrons. The molecule has 0 aromatic heterocycles. The summed E-state index contributed by atoms with van der Waals surface area (Å²) in [5.41, 5.74) is 2.15. The Morgan fingerprint density at radius 3 is 2.83 bits per heavy atom. The van der Waals surface area contributed by atoms with Gasteiger partial charge in [0.05, 0.1) is 22.9 Å². The minimum Gasteiger partial charge on any atom is -0.378 e. The summed E-state index contributed by atoms with van der Waals surface area (Å²) >= 11 is 6.21. The molecule has 1 fully saturated rings. The zero-order valence-corrected chi connectivity index (χ0v) is 11.8. The predicted molar refractivity (Wildman–Crippen MR) is 74.4 cm³/mol. The van der Waals surface area contributed by atoms with Gasteiger partial charge in [-0.3, -0.25) is 0 Å². The highest BCUT2D eigenvalue weighted by molar-refractivity contribution is 6.33. The van der Waals surface area contributed by atoms with E-state index in [1.807, 2.05) is 19.1 Å². The quantitative estimate of drug-likeness (QED) is 0.890. The van der Waals surface area contributed by atoms with Crippen LogP contribution in [0.3, 0.4) is 0 Å². The van der Waals surface area contributed by atoms with Gasteiger partial charge in [-0.15, -0.1) is 0 Å². The Labute approximate surface area is 113 Å². The molecule has 0 radical (unpaired) electrons. The van der Waals surface area contributed by atoms with Crippen LogP contribution in [0.25, 0.3) is 0 Å². The van der Waals surface area contributed by atoms with Crippen LogP contribution >= 0.6 is 11.6 Å². The van der Waals surface area contributed by atoms with E-state index in [-0.39, 0.29) is 18.2 Å². The molecule has 3 atom stereocenters. The second-order valence-electron chi connectivity index (χ2n) is 4.61. The van der Waals surface area contributed by atoms with Crippen LogP contribution in [0.5, 0.6) is 0 Å². The molecule has 2 rings (SSSR count). The Morgan fingerprint density at radius 1 is 1.44 bits per heavy atom. The van der Waals surface area contributed by atoms with Gasteiger partial charge in [-0.2, -0.15) is 0 Å². The highest BCUT2D eigenvalue weighted by Crippen LogP contribution is 2.33. The maximum Gasteiger partial charge on any atom is 0.103 e. The van der Waals surface area contributed by atoms with Crippen molar-refractivity contribution in [1.29, 1.82) is 0 Å². The SMILES string of the molecule is CCOC1CC(Nc2c(C)cccc2Cl)C1OC. The molecule has 0 spiro atoms. The predicted octanol–water partition coefficient (Wildman–Crippen LogP) is 3.25. The first-order valence-corrected chi connectivity index (χ1v) is 6.71. The van der Waals surface area contributed by atoms with E-state index in [4.69, 9.17) is 21.1 Å². The first-order valence-electron chi connectivity index (χ1n) is 6.33. The molecular formula is C14H20ClNO2. The molecule has 1 aliphatic rings. The van der Waals surface area contributed by atoms with Crippen LogP contribution < -0.4 is 5.32 Å². The highest BCUT2D eigenvalue weighted by atomic mass is 35.5. The molecule has 1 aromatic carbocycles. The average Bonchev–Trinajstić information content (AvgIpc) is 2.31. The fourth-order valence-corrected chi connectivity index (χ4v) is 2.69. The molecule has 4 heteroatoms. The Morgan fingerprint density at radius 2 is 2.22 bits per heavy atom. The minimum atomic E-state index is 0.0978. The zero-order valence-electron chi connectivity index (χ0n) is 11.1. The fraction of sp³-hybridized carbons (Fsp3) is 0.571. The number of rotatable bonds is 5. The maximum absolute atomic E-state index is 6.21. The zero-order chi connectivity index (χ0) is 13.1. The lowest BCUT2D eigenvalue weighted by Crippen LogP contribution is -2.56. The summed E-state index contributed by atoms with van der Waals surface area (Å²) in [5, 5.41) is 4.22. The van der Waals surface area contributed by atoms with E-state index in [9.17, 15) is 0 Å². The topological polar surface area (TPSA) is 30.5 Å². The lowest BCUT2D eigenvalue weighted by Gasteiger charge is -2.44. The summed E-state index contributed by atoms with van der Waals surface area (Å²) < 4.78 is 11.1. The standard InChI is InChI=1S/C14H20ClNO2/c1-4-18-12-8-11(14(12)17-3)16-13-9(2)6-5-7-10(13)15/h5-7,11-12,14,16H,4,8H2,1-3H3. The molecule has 1 aliphatic carbocycles. The van der Waals surface area contributed by atoms with E-state index in [1.54, 1.807) is 7.11 Å². The van der Waals surface area contributed by atoms with Crippen molar-refractivity contribution in [1.82, 2.24) is 0 Å². The Balaban J connectivity index is 2.03. The van der Waals surface area contributed by atoms with Crippen molar-refractivity contribution in [2.75, 3.05) is 19.0 Å². The van der Waals surface area contributed by atoms with Crippen LogP contribution in [0.1, 0.15) is 18.9 Å². The number of hydrogen-bond acceptors (Lipinski definition) is 3. The van der Waals surface area contributed by atoms with Gasteiger partial charge in [0.2, 0.25) is 0 Å². The summed E-state index contributed by atoms with van der Waals surface area (Å²) in [4.78, 5) is 0. The highest BCUT2D eigenvalue weighted by Gasteiger charge is 2.42. The van der Waals surface area contributed by atoms with Gasteiger partial charge in [0, 0.05) is 13.7 Å². The molecule has 3 nitrogen and oxygen atoms in total. The molecule has 1 N–H and O–H groups in total. The van der Waals surface area contributed by atoms with E-state index >= 15 is 0 Å². The Kier molecular flexibility index (Phi) is 4.49. The largest absolute Gasteiger partial charge is 0.378 e. The number of ether oxygens (including phenoxy) is 2. The lowest BCUT2D eigenvalue weighted by molar-refractivity contribution is -0.118. The average molecular weight is 270 g/mol. The number of nitrogens with one attached hydrogen (secondary N) is 1. The van der Waals surface area contributed by atoms with Gasteiger partial charge in [-0.05, 0) is 31.9 Å². The van der Waals surface area contributed by atoms with Crippen molar-refractivity contribution in [3.63, 3.8) is 0 Å². The third kappa shape index (κ3) is 2.63. The molecule has 0 amide bonds. The summed E-state index contributed by atoms with van der Waals surface area (Å²) in [5.74, 6) is 0. The first kappa shape index (κ1) is 13.7. The molecule has 0 heterocycles. The van der Waals surface area contributed by atoms with Crippen molar-refractivity contribution < 1.29 is 9.47 Å². The van der Waals surface area contributed by atoms with Crippen molar-refractivity contribution in [2.24, 2.45) is 0 Å².